The first-order valence-electron chi connectivity index (χ1n) is 8.30. The Labute approximate surface area is 145 Å². The molecular weight excluding hydrogens is 321 g/mol. The first kappa shape index (κ1) is 16.0. The van der Waals surface area contributed by atoms with Crippen LogP contribution in [0.3, 0.4) is 0 Å². The van der Waals surface area contributed by atoms with E-state index in [-0.39, 0.29) is 11.9 Å². The molecule has 0 bridgehead atoms. The maximum absolute atomic E-state index is 13.2. The van der Waals surface area contributed by atoms with Gasteiger partial charge in [0.1, 0.15) is 5.82 Å². The van der Waals surface area contributed by atoms with E-state index >= 15 is 0 Å². The van der Waals surface area contributed by atoms with Crippen LogP contribution in [0.1, 0.15) is 17.2 Å². The van der Waals surface area contributed by atoms with Crippen LogP contribution in [0.2, 0.25) is 0 Å². The van der Waals surface area contributed by atoms with Crippen LogP contribution >= 0.6 is 0 Å². The monoisotopic (exact) mass is 341 g/mol. The number of ether oxygens (including phenoxy) is 1. The van der Waals surface area contributed by atoms with Crippen LogP contribution in [0.4, 0.5) is 4.39 Å². The zero-order valence-electron chi connectivity index (χ0n) is 14.0. The third-order valence-corrected chi connectivity index (χ3v) is 4.49. The summed E-state index contributed by atoms with van der Waals surface area (Å²) >= 11 is 0. The van der Waals surface area contributed by atoms with E-state index in [9.17, 15) is 4.39 Å². The lowest BCUT2D eigenvalue weighted by atomic mass is 10.1. The van der Waals surface area contributed by atoms with Crippen molar-refractivity contribution < 1.29 is 9.13 Å². The standard InChI is InChI=1S/C18H20FN5O/c1-23-10-14(9-21-23)17-12-24(6-7-25-17)11-15-8-20-22-18(15)13-2-4-16(19)5-3-13/h2-5,8-10,17H,6-7,11-12H2,1H3,(H,20,22)/t17-/m1/s1. The number of aromatic nitrogens is 4. The van der Waals surface area contributed by atoms with Gasteiger partial charge in [-0.15, -0.1) is 0 Å². The van der Waals surface area contributed by atoms with Crippen molar-refractivity contribution in [3.05, 3.63) is 59.8 Å². The van der Waals surface area contributed by atoms with Gasteiger partial charge in [0.25, 0.3) is 0 Å². The van der Waals surface area contributed by atoms with Gasteiger partial charge in [0.2, 0.25) is 0 Å². The van der Waals surface area contributed by atoms with Crippen LogP contribution in [0.5, 0.6) is 0 Å². The summed E-state index contributed by atoms with van der Waals surface area (Å²) in [7, 11) is 1.91. The molecule has 6 nitrogen and oxygen atoms in total. The summed E-state index contributed by atoms with van der Waals surface area (Å²) in [4.78, 5) is 2.35. The van der Waals surface area contributed by atoms with Crippen molar-refractivity contribution in [3.63, 3.8) is 0 Å². The number of hydrogen-bond acceptors (Lipinski definition) is 4. The number of hydrogen-bond donors (Lipinski definition) is 1. The van der Waals surface area contributed by atoms with Gasteiger partial charge in [-0.05, 0) is 24.3 Å². The molecule has 0 spiro atoms. The number of benzene rings is 1. The van der Waals surface area contributed by atoms with Gasteiger partial charge < -0.3 is 4.74 Å². The van der Waals surface area contributed by atoms with E-state index in [1.54, 1.807) is 16.8 Å². The Balaban J connectivity index is 1.49. The molecule has 1 N–H and O–H groups in total. The number of rotatable bonds is 4. The molecule has 7 heteroatoms. The van der Waals surface area contributed by atoms with Gasteiger partial charge in [-0.1, -0.05) is 0 Å². The molecule has 3 aromatic rings. The fourth-order valence-electron chi connectivity index (χ4n) is 3.19. The summed E-state index contributed by atoms with van der Waals surface area (Å²) in [5.74, 6) is -0.239. The maximum Gasteiger partial charge on any atom is 0.123 e. The van der Waals surface area contributed by atoms with Gasteiger partial charge in [0.15, 0.2) is 0 Å². The summed E-state index contributed by atoms with van der Waals surface area (Å²) in [6.45, 7) is 3.12. The maximum atomic E-state index is 13.2. The molecule has 25 heavy (non-hydrogen) atoms. The minimum absolute atomic E-state index is 0.0311. The SMILES string of the molecule is Cn1cc([C@H]2CN(Cc3cn[nH]c3-c3ccc(F)cc3)CCO2)cn1. The zero-order chi connectivity index (χ0) is 17.2. The van der Waals surface area contributed by atoms with Gasteiger partial charge in [-0.2, -0.15) is 10.2 Å². The molecule has 130 valence electrons. The summed E-state index contributed by atoms with van der Waals surface area (Å²) in [5, 5.41) is 11.4. The minimum Gasteiger partial charge on any atom is -0.371 e. The molecule has 0 radical (unpaired) electrons. The largest absolute Gasteiger partial charge is 0.371 e. The van der Waals surface area contributed by atoms with Gasteiger partial charge in [0, 0.05) is 49.6 Å². The number of morpholine rings is 1. The predicted octanol–water partition coefficient (Wildman–Crippen LogP) is 2.52. The minimum atomic E-state index is -0.239. The van der Waals surface area contributed by atoms with Crippen molar-refractivity contribution >= 4 is 0 Å². The molecule has 0 amide bonds. The fraction of sp³-hybridized carbons (Fsp3) is 0.333. The second-order valence-electron chi connectivity index (χ2n) is 6.32. The molecule has 1 fully saturated rings. The molecule has 0 unspecified atom stereocenters. The second-order valence-corrected chi connectivity index (χ2v) is 6.32. The van der Waals surface area contributed by atoms with Crippen molar-refractivity contribution in [1.29, 1.82) is 0 Å². The Kier molecular flexibility index (Phi) is 4.33. The van der Waals surface area contributed by atoms with Crippen molar-refractivity contribution in [1.82, 2.24) is 24.9 Å². The van der Waals surface area contributed by atoms with E-state index < -0.39 is 0 Å². The highest BCUT2D eigenvalue weighted by molar-refractivity contribution is 5.62. The van der Waals surface area contributed by atoms with Gasteiger partial charge in [-0.3, -0.25) is 14.7 Å². The predicted molar refractivity (Wildman–Crippen MR) is 91.2 cm³/mol. The van der Waals surface area contributed by atoms with E-state index in [4.69, 9.17) is 4.74 Å². The molecule has 1 aliphatic heterocycles. The average Bonchev–Trinajstić information content (AvgIpc) is 3.25. The van der Waals surface area contributed by atoms with Crippen LogP contribution in [0.25, 0.3) is 11.3 Å². The number of H-pyrrole nitrogens is 1. The number of halogens is 1. The molecule has 4 rings (SSSR count). The lowest BCUT2D eigenvalue weighted by Crippen LogP contribution is -2.37. The molecule has 0 aliphatic carbocycles. The molecule has 1 saturated heterocycles. The highest BCUT2D eigenvalue weighted by atomic mass is 19.1. The molecule has 2 aromatic heterocycles. The number of aryl methyl sites for hydroxylation is 1. The Morgan fingerprint density at radius 2 is 2.12 bits per heavy atom. The summed E-state index contributed by atoms with van der Waals surface area (Å²) in [6, 6.07) is 6.47. The third kappa shape index (κ3) is 3.47. The van der Waals surface area contributed by atoms with Crippen molar-refractivity contribution in [2.45, 2.75) is 12.6 Å². The Hall–Kier alpha value is -2.51. The Morgan fingerprint density at radius 3 is 2.88 bits per heavy atom. The van der Waals surface area contributed by atoms with Crippen LogP contribution < -0.4 is 0 Å². The van der Waals surface area contributed by atoms with Gasteiger partial charge in [-0.25, -0.2) is 4.39 Å². The van der Waals surface area contributed by atoms with E-state index in [0.29, 0.717) is 6.61 Å². The second kappa shape index (κ2) is 6.78. The topological polar surface area (TPSA) is 59.0 Å². The average molecular weight is 341 g/mol. The van der Waals surface area contributed by atoms with E-state index in [1.165, 1.54) is 12.1 Å². The Bertz CT molecular complexity index is 841. The zero-order valence-corrected chi connectivity index (χ0v) is 14.0. The highest BCUT2D eigenvalue weighted by Crippen LogP contribution is 2.26. The summed E-state index contributed by atoms with van der Waals surface area (Å²) in [5.41, 5.74) is 4.06. The van der Waals surface area contributed by atoms with E-state index in [0.717, 1.165) is 42.0 Å². The van der Waals surface area contributed by atoms with Crippen LogP contribution in [-0.4, -0.2) is 44.6 Å². The number of nitrogens with one attached hydrogen (secondary N) is 1. The first-order chi connectivity index (χ1) is 12.2. The molecule has 0 saturated carbocycles. The van der Waals surface area contributed by atoms with E-state index in [2.05, 4.69) is 20.2 Å². The van der Waals surface area contributed by atoms with Crippen LogP contribution in [0, 0.1) is 5.82 Å². The van der Waals surface area contributed by atoms with Crippen molar-refractivity contribution in [2.24, 2.45) is 7.05 Å². The highest BCUT2D eigenvalue weighted by Gasteiger charge is 2.24. The third-order valence-electron chi connectivity index (χ3n) is 4.49. The summed E-state index contributed by atoms with van der Waals surface area (Å²) in [6.07, 6.45) is 5.72. The molecular formula is C18H20FN5O. The number of nitrogens with zero attached hydrogens (tertiary/aromatic N) is 4. The molecule has 3 heterocycles. The lowest BCUT2D eigenvalue weighted by molar-refractivity contribution is -0.0329. The fourth-order valence-corrected chi connectivity index (χ4v) is 3.19. The van der Waals surface area contributed by atoms with Crippen molar-refractivity contribution in [2.75, 3.05) is 19.7 Å². The summed E-state index contributed by atoms with van der Waals surface area (Å²) < 4.78 is 20.8. The van der Waals surface area contributed by atoms with E-state index in [1.807, 2.05) is 25.6 Å². The van der Waals surface area contributed by atoms with Crippen LogP contribution in [-0.2, 0) is 18.3 Å². The normalized spacial score (nSPS) is 18.6. The smallest absolute Gasteiger partial charge is 0.123 e. The van der Waals surface area contributed by atoms with Crippen LogP contribution in [0.15, 0.2) is 42.9 Å². The van der Waals surface area contributed by atoms with Gasteiger partial charge >= 0.3 is 0 Å². The van der Waals surface area contributed by atoms with Crippen molar-refractivity contribution in [3.8, 4) is 11.3 Å². The number of aromatic amines is 1. The van der Waals surface area contributed by atoms with Gasteiger partial charge in [0.05, 0.1) is 30.8 Å². The Morgan fingerprint density at radius 1 is 1.28 bits per heavy atom. The first-order valence-corrected chi connectivity index (χ1v) is 8.30. The molecule has 1 aromatic carbocycles. The lowest BCUT2D eigenvalue weighted by Gasteiger charge is -2.32. The quantitative estimate of drug-likeness (QED) is 0.792. The molecule has 1 aliphatic rings. The molecule has 1 atom stereocenters.